The first-order valence-electron chi connectivity index (χ1n) is 9.05. The SMILES string of the molecule is C=CCN1C(=O)/C(=C\c2ccc(OCCCOc3ccccc3Cl)cc2)SC1=S. The minimum Gasteiger partial charge on any atom is -0.493 e. The quantitative estimate of drug-likeness (QED) is 0.218. The normalized spacial score (nSPS) is 15.1. The van der Waals surface area contributed by atoms with E-state index in [-0.39, 0.29) is 5.91 Å². The molecular weight excluding hydrogens is 426 g/mol. The number of carbonyl (C=O) groups is 1. The van der Waals surface area contributed by atoms with Gasteiger partial charge in [0, 0.05) is 13.0 Å². The van der Waals surface area contributed by atoms with Gasteiger partial charge in [-0.3, -0.25) is 9.69 Å². The van der Waals surface area contributed by atoms with Crippen LogP contribution in [0.5, 0.6) is 11.5 Å². The number of rotatable bonds is 9. The van der Waals surface area contributed by atoms with Gasteiger partial charge in [-0.2, -0.15) is 0 Å². The lowest BCUT2D eigenvalue weighted by molar-refractivity contribution is -0.121. The van der Waals surface area contributed by atoms with Gasteiger partial charge in [0.15, 0.2) is 0 Å². The molecule has 150 valence electrons. The predicted octanol–water partition coefficient (Wildman–Crippen LogP) is 5.58. The Morgan fingerprint density at radius 2 is 1.83 bits per heavy atom. The fourth-order valence-corrected chi connectivity index (χ4v) is 4.06. The molecule has 0 aliphatic carbocycles. The fourth-order valence-electron chi connectivity index (χ4n) is 2.59. The molecule has 0 saturated carbocycles. The number of carbonyl (C=O) groups excluding carboxylic acids is 1. The molecule has 1 amide bonds. The highest BCUT2D eigenvalue weighted by Gasteiger charge is 2.30. The maximum absolute atomic E-state index is 12.4. The number of nitrogens with zero attached hydrogens (tertiary/aromatic N) is 1. The number of benzene rings is 2. The molecule has 2 aromatic rings. The van der Waals surface area contributed by atoms with Crippen molar-refractivity contribution in [2.75, 3.05) is 19.8 Å². The van der Waals surface area contributed by atoms with Gasteiger partial charge in [0.25, 0.3) is 5.91 Å². The van der Waals surface area contributed by atoms with Crippen LogP contribution in [-0.4, -0.2) is 34.9 Å². The molecule has 1 aliphatic heterocycles. The summed E-state index contributed by atoms with van der Waals surface area (Å²) in [5.74, 6) is 1.36. The summed E-state index contributed by atoms with van der Waals surface area (Å²) in [5, 5.41) is 0.602. The molecule has 29 heavy (non-hydrogen) atoms. The van der Waals surface area contributed by atoms with Crippen LogP contribution in [0.4, 0.5) is 0 Å². The van der Waals surface area contributed by atoms with Crippen LogP contribution in [0.15, 0.2) is 66.1 Å². The fraction of sp³-hybridized carbons (Fsp3) is 0.182. The number of halogens is 1. The van der Waals surface area contributed by atoms with Crippen molar-refractivity contribution in [1.82, 2.24) is 4.90 Å². The molecule has 0 bridgehead atoms. The van der Waals surface area contributed by atoms with Crippen molar-refractivity contribution in [1.29, 1.82) is 0 Å². The lowest BCUT2D eigenvalue weighted by atomic mass is 10.2. The zero-order valence-corrected chi connectivity index (χ0v) is 18.1. The average Bonchev–Trinajstić information content (AvgIpc) is 2.98. The van der Waals surface area contributed by atoms with E-state index in [4.69, 9.17) is 33.3 Å². The molecule has 1 aliphatic rings. The van der Waals surface area contributed by atoms with Crippen LogP contribution in [0.2, 0.25) is 5.02 Å². The van der Waals surface area contributed by atoms with Crippen molar-refractivity contribution >= 4 is 51.9 Å². The summed E-state index contributed by atoms with van der Waals surface area (Å²) in [4.78, 5) is 14.5. The number of ether oxygens (including phenoxy) is 2. The minimum atomic E-state index is -0.0845. The van der Waals surface area contributed by atoms with Crippen LogP contribution < -0.4 is 9.47 Å². The van der Waals surface area contributed by atoms with Gasteiger partial charge in [-0.05, 0) is 35.9 Å². The first kappa shape index (κ1) is 21.4. The first-order chi connectivity index (χ1) is 14.1. The van der Waals surface area contributed by atoms with E-state index in [1.165, 1.54) is 11.8 Å². The summed E-state index contributed by atoms with van der Waals surface area (Å²) >= 11 is 12.6. The molecule has 3 rings (SSSR count). The summed E-state index contributed by atoms with van der Waals surface area (Å²) in [6.07, 6.45) is 4.24. The molecule has 7 heteroatoms. The second-order valence-corrected chi connectivity index (χ2v) is 8.21. The monoisotopic (exact) mass is 445 g/mol. The standard InChI is InChI=1S/C22H20ClNO3S2/c1-2-12-24-21(25)20(29-22(24)28)15-16-8-10-17(11-9-16)26-13-5-14-27-19-7-4-3-6-18(19)23/h2-4,6-11,15H,1,5,12-14H2/b20-15+. The van der Waals surface area contributed by atoms with Gasteiger partial charge < -0.3 is 9.47 Å². The van der Waals surface area contributed by atoms with E-state index in [0.29, 0.717) is 39.8 Å². The molecule has 0 spiro atoms. The highest BCUT2D eigenvalue weighted by Crippen LogP contribution is 2.32. The van der Waals surface area contributed by atoms with Crippen molar-refractivity contribution in [3.8, 4) is 11.5 Å². The topological polar surface area (TPSA) is 38.8 Å². The number of hydrogen-bond acceptors (Lipinski definition) is 5. The Balaban J connectivity index is 1.47. The van der Waals surface area contributed by atoms with E-state index in [9.17, 15) is 4.79 Å². The van der Waals surface area contributed by atoms with Crippen molar-refractivity contribution in [3.63, 3.8) is 0 Å². The first-order valence-corrected chi connectivity index (χ1v) is 10.6. The van der Waals surface area contributed by atoms with Crippen molar-refractivity contribution in [3.05, 3.63) is 76.7 Å². The Labute approximate surface area is 185 Å². The Hall–Kier alpha value is -2.28. The molecule has 0 N–H and O–H groups in total. The molecule has 4 nitrogen and oxygen atoms in total. The molecule has 0 aromatic heterocycles. The third-order valence-electron chi connectivity index (χ3n) is 4.01. The number of thiocarbonyl (C=S) groups is 1. The smallest absolute Gasteiger partial charge is 0.266 e. The van der Waals surface area contributed by atoms with Crippen LogP contribution in [0.1, 0.15) is 12.0 Å². The Morgan fingerprint density at radius 3 is 2.55 bits per heavy atom. The summed E-state index contributed by atoms with van der Waals surface area (Å²) in [6.45, 7) is 5.14. The van der Waals surface area contributed by atoms with Gasteiger partial charge in [0.2, 0.25) is 0 Å². The lowest BCUT2D eigenvalue weighted by Crippen LogP contribution is -2.27. The summed E-state index contributed by atoms with van der Waals surface area (Å²) in [5.41, 5.74) is 0.915. The van der Waals surface area contributed by atoms with Gasteiger partial charge in [-0.1, -0.05) is 65.9 Å². The maximum atomic E-state index is 12.4. The second kappa shape index (κ2) is 10.5. The van der Waals surface area contributed by atoms with E-state index >= 15 is 0 Å². The molecule has 0 radical (unpaired) electrons. The summed E-state index contributed by atoms with van der Waals surface area (Å²) in [6, 6.07) is 15.0. The third kappa shape index (κ3) is 5.85. The maximum Gasteiger partial charge on any atom is 0.266 e. The van der Waals surface area contributed by atoms with Gasteiger partial charge in [-0.25, -0.2) is 0 Å². The minimum absolute atomic E-state index is 0.0845. The van der Waals surface area contributed by atoms with Gasteiger partial charge in [-0.15, -0.1) is 6.58 Å². The Bertz CT molecular complexity index is 928. The lowest BCUT2D eigenvalue weighted by Gasteiger charge is -2.10. The molecule has 1 heterocycles. The van der Waals surface area contributed by atoms with E-state index in [1.807, 2.05) is 48.5 Å². The number of thioether (sulfide) groups is 1. The van der Waals surface area contributed by atoms with Crippen LogP contribution >= 0.6 is 35.6 Å². The number of para-hydroxylation sites is 1. The zero-order valence-electron chi connectivity index (χ0n) is 15.7. The average molecular weight is 446 g/mol. The van der Waals surface area contributed by atoms with Crippen LogP contribution in [0.25, 0.3) is 6.08 Å². The molecular formula is C22H20ClNO3S2. The van der Waals surface area contributed by atoms with Crippen molar-refractivity contribution in [2.45, 2.75) is 6.42 Å². The molecule has 2 aromatic carbocycles. The second-order valence-electron chi connectivity index (χ2n) is 6.13. The number of hydrogen-bond donors (Lipinski definition) is 0. The largest absolute Gasteiger partial charge is 0.493 e. The summed E-state index contributed by atoms with van der Waals surface area (Å²) < 4.78 is 11.9. The van der Waals surface area contributed by atoms with Crippen LogP contribution in [0, 0.1) is 0 Å². The molecule has 1 saturated heterocycles. The van der Waals surface area contributed by atoms with E-state index < -0.39 is 0 Å². The zero-order chi connectivity index (χ0) is 20.6. The van der Waals surface area contributed by atoms with Crippen molar-refractivity contribution < 1.29 is 14.3 Å². The Kier molecular flexibility index (Phi) is 7.75. The van der Waals surface area contributed by atoms with E-state index in [0.717, 1.165) is 17.7 Å². The molecule has 0 atom stereocenters. The van der Waals surface area contributed by atoms with Gasteiger partial charge in [0.05, 0.1) is 23.1 Å². The molecule has 0 unspecified atom stereocenters. The van der Waals surface area contributed by atoms with Crippen LogP contribution in [-0.2, 0) is 4.79 Å². The van der Waals surface area contributed by atoms with Crippen molar-refractivity contribution in [2.24, 2.45) is 0 Å². The number of amides is 1. The summed E-state index contributed by atoms with van der Waals surface area (Å²) in [7, 11) is 0. The van der Waals surface area contributed by atoms with E-state index in [2.05, 4.69) is 6.58 Å². The highest BCUT2D eigenvalue weighted by molar-refractivity contribution is 8.26. The van der Waals surface area contributed by atoms with Gasteiger partial charge in [0.1, 0.15) is 15.8 Å². The predicted molar refractivity (Wildman–Crippen MR) is 124 cm³/mol. The van der Waals surface area contributed by atoms with Gasteiger partial charge >= 0.3 is 0 Å². The molecule has 1 fully saturated rings. The Morgan fingerprint density at radius 1 is 1.10 bits per heavy atom. The van der Waals surface area contributed by atoms with E-state index in [1.54, 1.807) is 17.0 Å². The third-order valence-corrected chi connectivity index (χ3v) is 5.70. The van der Waals surface area contributed by atoms with Crippen LogP contribution in [0.3, 0.4) is 0 Å². The highest BCUT2D eigenvalue weighted by atomic mass is 35.5.